The van der Waals surface area contributed by atoms with Gasteiger partial charge in [0.05, 0.1) is 15.2 Å². The van der Waals surface area contributed by atoms with Crippen molar-refractivity contribution in [1.29, 1.82) is 0 Å². The Morgan fingerprint density at radius 2 is 2.06 bits per heavy atom. The fourth-order valence-corrected chi connectivity index (χ4v) is 5.33. The smallest absolute Gasteiger partial charge is 0.246 e. The molecule has 1 saturated heterocycles. The third kappa shape index (κ3) is 4.51. The molecule has 2 amide bonds. The van der Waals surface area contributed by atoms with E-state index in [1.54, 1.807) is 23.6 Å². The summed E-state index contributed by atoms with van der Waals surface area (Å²) in [4.78, 5) is 35.1. The van der Waals surface area contributed by atoms with Gasteiger partial charge in [0.1, 0.15) is 5.82 Å². The molecule has 2 aliphatic rings. The Kier molecular flexibility index (Phi) is 5.51. The molecule has 0 saturated carbocycles. The molecule has 158 valence electrons. The summed E-state index contributed by atoms with van der Waals surface area (Å²) in [6.07, 6.45) is 9.33. The average molecular weight is 433 g/mol. The van der Waals surface area contributed by atoms with Crippen LogP contribution >= 0.6 is 11.3 Å². The lowest BCUT2D eigenvalue weighted by atomic mass is 9.94. The van der Waals surface area contributed by atoms with Crippen LogP contribution in [-0.2, 0) is 22.4 Å². The Morgan fingerprint density at radius 3 is 2.90 bits per heavy atom. The Bertz CT molecular complexity index is 1130. The molecule has 0 aliphatic carbocycles. The van der Waals surface area contributed by atoms with Crippen LogP contribution < -0.4 is 5.32 Å². The van der Waals surface area contributed by atoms with Crippen molar-refractivity contribution in [2.75, 3.05) is 18.4 Å². The molecule has 6 nitrogen and oxygen atoms in total. The van der Waals surface area contributed by atoms with Gasteiger partial charge in [-0.05, 0) is 60.6 Å². The number of aromatic nitrogens is 2. The van der Waals surface area contributed by atoms with Gasteiger partial charge in [-0.15, -0.1) is 11.3 Å². The van der Waals surface area contributed by atoms with Crippen LogP contribution in [0.25, 0.3) is 16.3 Å². The first-order valence-electron chi connectivity index (χ1n) is 10.7. The van der Waals surface area contributed by atoms with Crippen molar-refractivity contribution in [1.82, 2.24) is 14.9 Å². The summed E-state index contributed by atoms with van der Waals surface area (Å²) in [6, 6.07) is 10.3. The fraction of sp³-hybridized carbons (Fsp3) is 0.333. The van der Waals surface area contributed by atoms with Crippen LogP contribution in [-0.4, -0.2) is 39.8 Å². The number of anilines is 1. The van der Waals surface area contributed by atoms with E-state index in [0.29, 0.717) is 24.6 Å². The number of nitrogens with zero attached hydrogens (tertiary/aromatic N) is 3. The van der Waals surface area contributed by atoms with Gasteiger partial charge in [-0.1, -0.05) is 12.1 Å². The Labute approximate surface area is 185 Å². The van der Waals surface area contributed by atoms with Crippen LogP contribution in [0.3, 0.4) is 0 Å². The van der Waals surface area contributed by atoms with E-state index in [0.717, 1.165) is 49.0 Å². The zero-order valence-corrected chi connectivity index (χ0v) is 18.0. The van der Waals surface area contributed by atoms with E-state index in [2.05, 4.69) is 28.5 Å². The molecule has 0 spiro atoms. The highest BCUT2D eigenvalue weighted by Crippen LogP contribution is 2.28. The van der Waals surface area contributed by atoms with Crippen molar-refractivity contribution in [2.45, 2.75) is 32.1 Å². The topological polar surface area (TPSA) is 75.2 Å². The number of thiazole rings is 1. The maximum Gasteiger partial charge on any atom is 0.246 e. The molecule has 1 aromatic carbocycles. The largest absolute Gasteiger partial charge is 0.339 e. The maximum absolute atomic E-state index is 12.6. The van der Waals surface area contributed by atoms with Gasteiger partial charge in [-0.25, -0.2) is 9.97 Å². The molecule has 5 rings (SSSR count). The van der Waals surface area contributed by atoms with Crippen LogP contribution in [0, 0.1) is 5.92 Å². The number of hydrogen-bond acceptors (Lipinski definition) is 5. The minimum absolute atomic E-state index is 0.00464. The Morgan fingerprint density at radius 1 is 1.23 bits per heavy atom. The highest BCUT2D eigenvalue weighted by atomic mass is 32.1. The van der Waals surface area contributed by atoms with Gasteiger partial charge in [0.15, 0.2) is 0 Å². The van der Waals surface area contributed by atoms with Crippen LogP contribution in [0.15, 0.2) is 42.6 Å². The van der Waals surface area contributed by atoms with E-state index in [1.807, 2.05) is 23.1 Å². The average Bonchev–Trinajstić information content (AvgIpc) is 3.20. The Hall–Kier alpha value is -3.06. The molecule has 0 radical (unpaired) electrons. The number of carbonyl (C=O) groups excluding carboxylic acids is 2. The molecule has 31 heavy (non-hydrogen) atoms. The van der Waals surface area contributed by atoms with Gasteiger partial charge in [-0.3, -0.25) is 9.59 Å². The molecule has 3 aromatic rings. The minimum atomic E-state index is 0.00464. The number of pyridine rings is 1. The van der Waals surface area contributed by atoms with Crippen molar-refractivity contribution in [3.63, 3.8) is 0 Å². The highest BCUT2D eigenvalue weighted by molar-refractivity contribution is 7.18. The third-order valence-electron chi connectivity index (χ3n) is 6.01. The second kappa shape index (κ2) is 8.59. The molecular weight excluding hydrogens is 408 g/mol. The first-order valence-corrected chi connectivity index (χ1v) is 11.6. The summed E-state index contributed by atoms with van der Waals surface area (Å²) in [5, 5.41) is 3.98. The van der Waals surface area contributed by atoms with Crippen LogP contribution in [0.4, 0.5) is 5.82 Å². The molecule has 7 heteroatoms. The van der Waals surface area contributed by atoms with Gasteiger partial charge in [0.25, 0.3) is 0 Å². The lowest BCUT2D eigenvalue weighted by molar-refractivity contribution is -0.127. The van der Waals surface area contributed by atoms with E-state index in [4.69, 9.17) is 4.98 Å². The van der Waals surface area contributed by atoms with Gasteiger partial charge < -0.3 is 10.2 Å². The lowest BCUT2D eigenvalue weighted by Crippen LogP contribution is -2.37. The minimum Gasteiger partial charge on any atom is -0.339 e. The van der Waals surface area contributed by atoms with Crippen LogP contribution in [0.5, 0.6) is 0 Å². The number of para-hydroxylation sites is 1. The summed E-state index contributed by atoms with van der Waals surface area (Å²) in [5.41, 5.74) is 2.98. The highest BCUT2D eigenvalue weighted by Gasteiger charge is 2.23. The summed E-state index contributed by atoms with van der Waals surface area (Å²) >= 11 is 1.78. The summed E-state index contributed by atoms with van der Waals surface area (Å²) in [7, 11) is 0. The first-order chi connectivity index (χ1) is 15.1. The lowest BCUT2D eigenvalue weighted by Gasteiger charge is -2.31. The second-order valence-electron chi connectivity index (χ2n) is 8.21. The number of rotatable bonds is 4. The van der Waals surface area contributed by atoms with Crippen molar-refractivity contribution < 1.29 is 9.59 Å². The van der Waals surface area contributed by atoms with E-state index in [9.17, 15) is 9.59 Å². The SMILES string of the molecule is O=C1CCc2cc(C=CC(=O)N3CCC(Cc4nc5ccccc5s4)CC3)cnc2N1. The zero-order valence-electron chi connectivity index (χ0n) is 17.2. The van der Waals surface area contributed by atoms with Gasteiger partial charge in [0.2, 0.25) is 11.8 Å². The number of likely N-dealkylation sites (tertiary alicyclic amines) is 1. The number of carbonyl (C=O) groups is 2. The Balaban J connectivity index is 1.15. The van der Waals surface area contributed by atoms with Crippen LogP contribution in [0.1, 0.15) is 35.4 Å². The molecule has 0 bridgehead atoms. The molecule has 2 aliphatic heterocycles. The number of nitrogens with one attached hydrogen (secondary N) is 1. The first kappa shape index (κ1) is 19.9. The summed E-state index contributed by atoms with van der Waals surface area (Å²) in [6.45, 7) is 1.57. The van der Waals surface area contributed by atoms with Crippen molar-refractivity contribution in [2.24, 2.45) is 5.92 Å². The van der Waals surface area contributed by atoms with Crippen molar-refractivity contribution >= 4 is 45.3 Å². The number of piperidine rings is 1. The third-order valence-corrected chi connectivity index (χ3v) is 7.07. The molecule has 2 aromatic heterocycles. The standard InChI is InChI=1S/C24H24N4O2S/c29-21-7-6-18-13-17(15-25-24(18)27-21)5-8-23(30)28-11-9-16(10-12-28)14-22-26-19-3-1-2-4-20(19)31-22/h1-5,8,13,15-16H,6-7,9-12,14H2,(H,25,27,29). The van der Waals surface area contributed by atoms with Gasteiger partial charge in [-0.2, -0.15) is 0 Å². The molecule has 4 heterocycles. The van der Waals surface area contributed by atoms with E-state index in [-0.39, 0.29) is 11.8 Å². The normalized spacial score (nSPS) is 17.2. The summed E-state index contributed by atoms with van der Waals surface area (Å²) < 4.78 is 1.24. The second-order valence-corrected chi connectivity index (χ2v) is 9.32. The number of aryl methyl sites for hydroxylation is 1. The predicted molar refractivity (Wildman–Crippen MR) is 123 cm³/mol. The molecule has 0 unspecified atom stereocenters. The number of fused-ring (bicyclic) bond motifs is 2. The number of benzene rings is 1. The van der Waals surface area contributed by atoms with E-state index in [1.165, 1.54) is 9.71 Å². The van der Waals surface area contributed by atoms with Crippen molar-refractivity contribution in [3.05, 3.63) is 58.7 Å². The molecule has 1 fully saturated rings. The van der Waals surface area contributed by atoms with Gasteiger partial charge in [0, 0.05) is 38.2 Å². The molecule has 0 atom stereocenters. The molecule has 1 N–H and O–H groups in total. The number of amides is 2. The summed E-state index contributed by atoms with van der Waals surface area (Å²) in [5.74, 6) is 1.26. The van der Waals surface area contributed by atoms with Crippen molar-refractivity contribution in [3.8, 4) is 0 Å². The predicted octanol–water partition coefficient (Wildman–Crippen LogP) is 4.07. The van der Waals surface area contributed by atoms with E-state index >= 15 is 0 Å². The molecular formula is C24H24N4O2S. The van der Waals surface area contributed by atoms with E-state index < -0.39 is 0 Å². The van der Waals surface area contributed by atoms with Crippen LogP contribution in [0.2, 0.25) is 0 Å². The zero-order chi connectivity index (χ0) is 21.2. The quantitative estimate of drug-likeness (QED) is 0.631. The van der Waals surface area contributed by atoms with Gasteiger partial charge >= 0.3 is 0 Å². The maximum atomic E-state index is 12.6. The monoisotopic (exact) mass is 432 g/mol. The number of hydrogen-bond donors (Lipinski definition) is 1. The fourth-order valence-electron chi connectivity index (χ4n) is 4.25.